The number of nitrogens with one attached hydrogen (secondary N) is 1. The quantitative estimate of drug-likeness (QED) is 0.233. The Labute approximate surface area is 220 Å². The summed E-state index contributed by atoms with van der Waals surface area (Å²) in [5.74, 6) is -3.71. The molecule has 4 atom stereocenters. The number of thioether (sulfide) groups is 1. The number of aliphatic hydroxyl groups excluding tert-OH is 1. The van der Waals surface area contributed by atoms with E-state index in [4.69, 9.17) is 5.73 Å². The average Bonchev–Trinajstić information content (AvgIpc) is 3.24. The van der Waals surface area contributed by atoms with Gasteiger partial charge in [-0.1, -0.05) is 6.92 Å². The van der Waals surface area contributed by atoms with Gasteiger partial charge in [-0.2, -0.15) is 0 Å². The van der Waals surface area contributed by atoms with Crippen molar-refractivity contribution >= 4 is 51.9 Å². The van der Waals surface area contributed by atoms with Crippen LogP contribution in [0.1, 0.15) is 24.3 Å². The van der Waals surface area contributed by atoms with Crippen molar-refractivity contribution in [1.29, 1.82) is 0 Å². The first-order chi connectivity index (χ1) is 15.1. The number of hydrogen-bond acceptors (Lipinski definition) is 10. The molecule has 14 heteroatoms. The molecular formula is C19H22N5NaO6S2. The summed E-state index contributed by atoms with van der Waals surface area (Å²) in [6.45, 7) is 4.33. The predicted octanol–water partition coefficient (Wildman–Crippen LogP) is -4.90. The fourth-order valence-electron chi connectivity index (χ4n) is 4.29. The van der Waals surface area contributed by atoms with Crippen LogP contribution in [0.25, 0.3) is 0 Å². The van der Waals surface area contributed by atoms with E-state index in [0.717, 1.165) is 0 Å². The third-order valence-corrected chi connectivity index (χ3v) is 8.21. The van der Waals surface area contributed by atoms with Crippen molar-refractivity contribution < 1.29 is 58.9 Å². The Morgan fingerprint density at radius 1 is 1.42 bits per heavy atom. The van der Waals surface area contributed by atoms with Gasteiger partial charge in [0, 0.05) is 34.5 Å². The molecule has 0 saturated carbocycles. The zero-order valence-corrected chi connectivity index (χ0v) is 21.9. The normalized spacial score (nSPS) is 25.1. The van der Waals surface area contributed by atoms with Gasteiger partial charge in [0.15, 0.2) is 5.13 Å². The minimum absolute atomic E-state index is 0. The van der Waals surface area contributed by atoms with Crippen LogP contribution in [0.15, 0.2) is 16.0 Å². The van der Waals surface area contributed by atoms with E-state index in [2.05, 4.69) is 10.3 Å². The summed E-state index contributed by atoms with van der Waals surface area (Å²) in [5.41, 5.74) is 5.12. The molecule has 0 spiro atoms. The van der Waals surface area contributed by atoms with Gasteiger partial charge in [-0.15, -0.1) is 23.1 Å². The molecule has 1 aromatic rings. The molecule has 4 heterocycles. The number of amides is 3. The SMILES string of the molecule is C[C@@H](O)[C@H]1C(=O)N2C(C(=O)[O-])=C(SC3CN(c4nc(C(=O)NCC(N)=O)cs4)C3)[C@H](C)[C@H]12.[Na+]. The molecule has 3 aliphatic rings. The zero-order valence-electron chi connectivity index (χ0n) is 18.3. The molecule has 11 nitrogen and oxygen atoms in total. The molecule has 0 radical (unpaired) electrons. The van der Waals surface area contributed by atoms with Gasteiger partial charge in [0.25, 0.3) is 5.91 Å². The number of β-lactam (4-membered cyclic amide) rings is 1. The number of carboxylic acid groups (broad SMARTS) is 1. The summed E-state index contributed by atoms with van der Waals surface area (Å²) < 4.78 is 0. The van der Waals surface area contributed by atoms with E-state index < -0.39 is 29.8 Å². The maximum atomic E-state index is 12.4. The first-order valence-corrected chi connectivity index (χ1v) is 11.8. The number of anilines is 1. The van der Waals surface area contributed by atoms with Crippen LogP contribution in [-0.2, 0) is 14.4 Å². The second-order valence-electron chi connectivity index (χ2n) is 8.06. The minimum Gasteiger partial charge on any atom is -0.543 e. The monoisotopic (exact) mass is 503 g/mol. The van der Waals surface area contributed by atoms with Crippen LogP contribution in [0.2, 0.25) is 0 Å². The Bertz CT molecular complexity index is 1020. The van der Waals surface area contributed by atoms with Gasteiger partial charge in [0.1, 0.15) is 5.69 Å². The standard InChI is InChI=1S/C19H23N5O6S2.Na/c1-7-13-12(8(2)25)17(28)24(13)14(18(29)30)15(7)32-9-4-23(5-9)19-22-10(6-31-19)16(27)21-3-11(20)26;/h6-9,12-13,25H,3-5H2,1-2H3,(H2,20,26)(H,21,27)(H,29,30);/q;+1/p-1/t7-,8-,12-,13-;/m1./s1. The molecule has 4 N–H and O–H groups in total. The molecule has 0 aliphatic carbocycles. The third kappa shape index (κ3) is 4.66. The first kappa shape index (κ1) is 26.0. The van der Waals surface area contributed by atoms with Crippen LogP contribution < -0.4 is 50.6 Å². The van der Waals surface area contributed by atoms with Crippen LogP contribution in [0, 0.1) is 11.8 Å². The summed E-state index contributed by atoms with van der Waals surface area (Å²) >= 11 is 2.71. The number of rotatable bonds is 8. The molecule has 2 saturated heterocycles. The largest absolute Gasteiger partial charge is 1.00 e. The average molecular weight is 504 g/mol. The van der Waals surface area contributed by atoms with Gasteiger partial charge < -0.3 is 35.9 Å². The topological polar surface area (TPSA) is 169 Å². The van der Waals surface area contributed by atoms with E-state index in [0.29, 0.717) is 23.1 Å². The molecule has 1 aromatic heterocycles. The van der Waals surface area contributed by atoms with Crippen LogP contribution in [0.3, 0.4) is 0 Å². The maximum Gasteiger partial charge on any atom is 1.00 e. The van der Waals surface area contributed by atoms with Crippen molar-refractivity contribution in [1.82, 2.24) is 15.2 Å². The number of aromatic nitrogens is 1. The number of primary amides is 1. The van der Waals surface area contributed by atoms with Gasteiger partial charge in [-0.05, 0) is 6.92 Å². The van der Waals surface area contributed by atoms with Crippen molar-refractivity contribution in [3.8, 4) is 0 Å². The van der Waals surface area contributed by atoms with E-state index >= 15 is 0 Å². The number of aliphatic hydroxyl groups is 1. The van der Waals surface area contributed by atoms with Gasteiger partial charge in [-0.3, -0.25) is 14.4 Å². The molecule has 0 bridgehead atoms. The molecule has 0 unspecified atom stereocenters. The fourth-order valence-corrected chi connectivity index (χ4v) is 6.63. The van der Waals surface area contributed by atoms with Crippen molar-refractivity contribution in [2.24, 2.45) is 17.6 Å². The number of hydrogen-bond donors (Lipinski definition) is 3. The number of carbonyl (C=O) groups is 4. The van der Waals surface area contributed by atoms with Crippen LogP contribution in [-0.4, -0.2) is 75.7 Å². The predicted molar refractivity (Wildman–Crippen MR) is 114 cm³/mol. The Morgan fingerprint density at radius 3 is 2.67 bits per heavy atom. The van der Waals surface area contributed by atoms with Crippen molar-refractivity contribution in [2.75, 3.05) is 24.5 Å². The Kier molecular flexibility index (Phi) is 7.81. The number of aliphatic carboxylic acids is 1. The molecule has 4 rings (SSSR count). The summed E-state index contributed by atoms with van der Waals surface area (Å²) in [5, 5.41) is 26.4. The van der Waals surface area contributed by atoms with Gasteiger partial charge in [-0.25, -0.2) is 4.98 Å². The Hall–Kier alpha value is -1.64. The maximum absolute atomic E-state index is 12.4. The van der Waals surface area contributed by atoms with Crippen LogP contribution >= 0.6 is 23.1 Å². The van der Waals surface area contributed by atoms with Gasteiger partial charge in [0.2, 0.25) is 11.8 Å². The molecule has 0 aromatic carbocycles. The molecule has 3 aliphatic heterocycles. The molecule has 2 fully saturated rings. The van der Waals surface area contributed by atoms with Gasteiger partial charge in [0.05, 0.1) is 36.3 Å². The second kappa shape index (κ2) is 9.92. The summed E-state index contributed by atoms with van der Waals surface area (Å²) in [4.78, 5) is 55.0. The minimum atomic E-state index is -1.39. The van der Waals surface area contributed by atoms with E-state index in [-0.39, 0.29) is 70.6 Å². The van der Waals surface area contributed by atoms with E-state index in [1.165, 1.54) is 34.9 Å². The fraction of sp³-hybridized carbons (Fsp3) is 0.526. The van der Waals surface area contributed by atoms with Crippen LogP contribution in [0.5, 0.6) is 0 Å². The third-order valence-electron chi connectivity index (χ3n) is 5.86. The van der Waals surface area contributed by atoms with Gasteiger partial charge >= 0.3 is 29.6 Å². The van der Waals surface area contributed by atoms with Crippen LogP contribution in [0.4, 0.5) is 5.13 Å². The number of fused-ring (bicyclic) bond motifs is 1. The number of carbonyl (C=O) groups excluding carboxylic acids is 4. The number of carboxylic acids is 1. The molecule has 33 heavy (non-hydrogen) atoms. The summed E-state index contributed by atoms with van der Waals surface area (Å²) in [6, 6.07) is -0.366. The summed E-state index contributed by atoms with van der Waals surface area (Å²) in [6.07, 6.45) is -0.850. The van der Waals surface area contributed by atoms with E-state index in [1.54, 1.807) is 5.38 Å². The smallest absolute Gasteiger partial charge is 0.543 e. The second-order valence-corrected chi connectivity index (χ2v) is 10.2. The van der Waals surface area contributed by atoms with Crippen molar-refractivity contribution in [2.45, 2.75) is 31.2 Å². The molecule has 172 valence electrons. The van der Waals surface area contributed by atoms with Crippen molar-refractivity contribution in [3.05, 3.63) is 21.7 Å². The first-order valence-electron chi connectivity index (χ1n) is 10.0. The van der Waals surface area contributed by atoms with Crippen molar-refractivity contribution in [3.63, 3.8) is 0 Å². The Morgan fingerprint density at radius 2 is 2.09 bits per heavy atom. The summed E-state index contributed by atoms with van der Waals surface area (Å²) in [7, 11) is 0. The number of thiazole rings is 1. The number of nitrogens with zero attached hydrogens (tertiary/aromatic N) is 3. The van der Waals surface area contributed by atoms with E-state index in [9.17, 15) is 29.4 Å². The zero-order chi connectivity index (χ0) is 23.3. The molecule has 3 amide bonds. The Balaban J connectivity index is 0.00000306. The number of nitrogens with two attached hydrogens (primary N) is 1. The van der Waals surface area contributed by atoms with E-state index in [1.807, 2.05) is 11.8 Å². The molecular weight excluding hydrogens is 481 g/mol.